The number of nitrogens with zero attached hydrogens (tertiary/aromatic N) is 6. The van der Waals surface area contributed by atoms with Crippen LogP contribution in [0.3, 0.4) is 0 Å². The van der Waals surface area contributed by atoms with Crippen molar-refractivity contribution in [1.29, 1.82) is 0 Å². The Morgan fingerprint density at radius 1 is 0.571 bits per heavy atom. The molecular weight excluding hydrogens is 364 g/mol. The van der Waals surface area contributed by atoms with E-state index in [1.807, 2.05) is 0 Å². The highest BCUT2D eigenvalue weighted by Gasteiger charge is 2.53. The van der Waals surface area contributed by atoms with Gasteiger partial charge in [-0.25, -0.2) is 0 Å². The maximum Gasteiger partial charge on any atom is 0.318 e. The first-order valence-electron chi connectivity index (χ1n) is 11.6. The van der Waals surface area contributed by atoms with E-state index in [0.29, 0.717) is 0 Å². The molecule has 28 heavy (non-hydrogen) atoms. The topological polar surface area (TPSA) is 19.4 Å². The SMILES string of the molecule is C=C(C)[Si](N1CCN(CC)CC1)(N1CCN(CC)CC1)N1CCN(CC)CC1. The molecule has 0 aliphatic carbocycles. The molecule has 0 atom stereocenters. The first kappa shape index (κ1) is 22.4. The van der Waals surface area contributed by atoms with Gasteiger partial charge < -0.3 is 14.7 Å². The van der Waals surface area contributed by atoms with Gasteiger partial charge in [0.1, 0.15) is 0 Å². The molecule has 0 unspecified atom stereocenters. The molecule has 0 amide bonds. The minimum Gasteiger partial charge on any atom is -0.301 e. The van der Waals surface area contributed by atoms with E-state index in [0.717, 1.165) is 0 Å². The number of rotatable bonds is 7. The van der Waals surface area contributed by atoms with Crippen LogP contribution in [0.2, 0.25) is 0 Å². The molecule has 0 N–H and O–H groups in total. The molecule has 3 saturated heterocycles. The van der Waals surface area contributed by atoms with Crippen LogP contribution in [-0.4, -0.2) is 135 Å². The van der Waals surface area contributed by atoms with Crippen molar-refractivity contribution >= 4 is 8.56 Å². The Morgan fingerprint density at radius 2 is 0.821 bits per heavy atom. The van der Waals surface area contributed by atoms with Gasteiger partial charge in [0.2, 0.25) is 0 Å². The smallest absolute Gasteiger partial charge is 0.301 e. The number of piperazine rings is 3. The van der Waals surface area contributed by atoms with Gasteiger partial charge in [0, 0.05) is 78.5 Å². The van der Waals surface area contributed by atoms with Crippen molar-refractivity contribution in [2.75, 3.05) is 98.2 Å². The molecule has 6 nitrogen and oxygen atoms in total. The molecule has 3 fully saturated rings. The fourth-order valence-corrected chi connectivity index (χ4v) is 10.8. The van der Waals surface area contributed by atoms with E-state index >= 15 is 0 Å². The average molecular weight is 409 g/mol. The van der Waals surface area contributed by atoms with Gasteiger partial charge in [0.05, 0.1) is 0 Å². The van der Waals surface area contributed by atoms with Gasteiger partial charge in [-0.05, 0) is 31.8 Å². The summed E-state index contributed by atoms with van der Waals surface area (Å²) in [6.07, 6.45) is 0. The van der Waals surface area contributed by atoms with E-state index in [2.05, 4.69) is 62.7 Å². The first-order valence-corrected chi connectivity index (χ1v) is 13.5. The molecule has 0 saturated carbocycles. The molecule has 0 bridgehead atoms. The molecular formula is C21H44N6Si. The van der Waals surface area contributed by atoms with Crippen molar-refractivity contribution < 1.29 is 0 Å². The predicted octanol–water partition coefficient (Wildman–Crippen LogP) is 0.953. The largest absolute Gasteiger partial charge is 0.318 e. The zero-order valence-electron chi connectivity index (χ0n) is 19.0. The predicted molar refractivity (Wildman–Crippen MR) is 122 cm³/mol. The van der Waals surface area contributed by atoms with E-state index in [4.69, 9.17) is 0 Å². The third-order valence-electron chi connectivity index (χ3n) is 7.35. The van der Waals surface area contributed by atoms with Crippen LogP contribution in [0.15, 0.2) is 11.8 Å². The number of allylic oxidation sites excluding steroid dienone is 1. The summed E-state index contributed by atoms with van der Waals surface area (Å²) in [6.45, 7) is 31.9. The highest BCUT2D eigenvalue weighted by atomic mass is 28.4. The fraction of sp³-hybridized carbons (Fsp3) is 0.905. The maximum atomic E-state index is 4.67. The minimum atomic E-state index is -2.07. The van der Waals surface area contributed by atoms with Gasteiger partial charge in [-0.2, -0.15) is 0 Å². The van der Waals surface area contributed by atoms with Gasteiger partial charge in [0.15, 0.2) is 0 Å². The number of likely N-dealkylation sites (N-methyl/N-ethyl adjacent to an activating group) is 3. The lowest BCUT2D eigenvalue weighted by Crippen LogP contribution is -2.81. The van der Waals surface area contributed by atoms with Crippen molar-refractivity contribution in [3.8, 4) is 0 Å². The standard InChI is InChI=1S/C21H44N6Si/c1-6-22-9-15-25(16-10-22)28(21(4)5,26-17-11-23(7-2)12-18-26)27-19-13-24(8-3)14-20-27/h4,6-20H2,1-3,5H3. The lowest BCUT2D eigenvalue weighted by Gasteiger charge is -2.58. The number of hydrogen-bond acceptors (Lipinski definition) is 6. The fourth-order valence-electron chi connectivity index (χ4n) is 5.54. The van der Waals surface area contributed by atoms with Crippen LogP contribution in [0.4, 0.5) is 0 Å². The van der Waals surface area contributed by atoms with Crippen LogP contribution in [0.5, 0.6) is 0 Å². The molecule has 7 heteroatoms. The third-order valence-corrected chi connectivity index (χ3v) is 12.5. The van der Waals surface area contributed by atoms with Gasteiger partial charge in [-0.15, -0.1) is 6.58 Å². The van der Waals surface area contributed by atoms with Crippen LogP contribution in [0.1, 0.15) is 27.7 Å². The second kappa shape index (κ2) is 10.2. The summed E-state index contributed by atoms with van der Waals surface area (Å²) in [5.74, 6) is 0. The van der Waals surface area contributed by atoms with E-state index in [1.165, 1.54) is 103 Å². The van der Waals surface area contributed by atoms with E-state index < -0.39 is 8.56 Å². The molecule has 0 radical (unpaired) electrons. The Labute approximate surface area is 175 Å². The Kier molecular flexibility index (Phi) is 8.12. The third kappa shape index (κ3) is 4.41. The maximum absolute atomic E-state index is 4.67. The summed E-state index contributed by atoms with van der Waals surface area (Å²) < 4.78 is 8.72. The zero-order valence-corrected chi connectivity index (χ0v) is 20.0. The minimum absolute atomic E-state index is 1.18. The van der Waals surface area contributed by atoms with Crippen LogP contribution in [-0.2, 0) is 0 Å². The summed E-state index contributed by atoms with van der Waals surface area (Å²) in [7, 11) is -2.07. The van der Waals surface area contributed by atoms with Gasteiger partial charge in [-0.1, -0.05) is 20.8 Å². The van der Waals surface area contributed by atoms with Crippen LogP contribution in [0, 0.1) is 0 Å². The molecule has 0 aromatic carbocycles. The average Bonchev–Trinajstić information content (AvgIpc) is 2.75. The van der Waals surface area contributed by atoms with E-state index in [1.54, 1.807) is 0 Å². The monoisotopic (exact) mass is 408 g/mol. The van der Waals surface area contributed by atoms with Crippen LogP contribution < -0.4 is 0 Å². The van der Waals surface area contributed by atoms with Gasteiger partial charge >= 0.3 is 8.56 Å². The molecule has 3 heterocycles. The summed E-state index contributed by atoms with van der Waals surface area (Å²) in [5.41, 5.74) is 0. The second-order valence-corrected chi connectivity index (χ2v) is 12.7. The lowest BCUT2D eigenvalue weighted by atomic mass is 10.4. The van der Waals surface area contributed by atoms with E-state index in [-0.39, 0.29) is 0 Å². The Bertz CT molecular complexity index is 431. The molecule has 0 aromatic rings. The molecule has 3 aliphatic rings. The zero-order chi connectivity index (χ0) is 20.1. The number of hydrogen-bond donors (Lipinski definition) is 0. The lowest BCUT2D eigenvalue weighted by molar-refractivity contribution is 0.110. The highest BCUT2D eigenvalue weighted by Crippen LogP contribution is 2.30. The quantitative estimate of drug-likeness (QED) is 0.580. The second-order valence-electron chi connectivity index (χ2n) is 8.68. The summed E-state index contributed by atoms with van der Waals surface area (Å²) in [4.78, 5) is 7.83. The summed E-state index contributed by atoms with van der Waals surface area (Å²) in [6, 6.07) is 0. The van der Waals surface area contributed by atoms with Gasteiger partial charge in [-0.3, -0.25) is 13.7 Å². The summed E-state index contributed by atoms with van der Waals surface area (Å²) in [5, 5.41) is 1.45. The molecule has 162 valence electrons. The molecule has 3 rings (SSSR count). The van der Waals surface area contributed by atoms with Crippen molar-refractivity contribution in [2.24, 2.45) is 0 Å². The van der Waals surface area contributed by atoms with Crippen molar-refractivity contribution in [1.82, 2.24) is 28.4 Å². The Balaban J connectivity index is 1.86. The van der Waals surface area contributed by atoms with Crippen molar-refractivity contribution in [3.63, 3.8) is 0 Å². The van der Waals surface area contributed by atoms with E-state index in [9.17, 15) is 0 Å². The van der Waals surface area contributed by atoms with Crippen molar-refractivity contribution in [2.45, 2.75) is 27.7 Å². The van der Waals surface area contributed by atoms with Crippen LogP contribution >= 0.6 is 0 Å². The van der Waals surface area contributed by atoms with Crippen molar-refractivity contribution in [3.05, 3.63) is 11.8 Å². The molecule has 3 aliphatic heterocycles. The Hall–Kier alpha value is -0.283. The highest BCUT2D eigenvalue weighted by molar-refractivity contribution is 6.78. The summed E-state index contributed by atoms with van der Waals surface area (Å²) >= 11 is 0. The van der Waals surface area contributed by atoms with Crippen LogP contribution in [0.25, 0.3) is 0 Å². The first-order chi connectivity index (χ1) is 13.6. The normalized spacial score (nSPS) is 26.0. The Morgan fingerprint density at radius 3 is 1.00 bits per heavy atom. The molecule has 0 aromatic heterocycles. The molecule has 0 spiro atoms. The van der Waals surface area contributed by atoms with Gasteiger partial charge in [0.25, 0.3) is 0 Å².